The van der Waals surface area contributed by atoms with Gasteiger partial charge in [-0.05, 0) is 50.4 Å². The molecule has 0 spiro atoms. The Morgan fingerprint density at radius 2 is 2.21 bits per heavy atom. The van der Waals surface area contributed by atoms with Crippen LogP contribution in [-0.2, 0) is 6.42 Å². The van der Waals surface area contributed by atoms with E-state index in [2.05, 4.69) is 5.32 Å². The van der Waals surface area contributed by atoms with Gasteiger partial charge in [0.1, 0.15) is 11.5 Å². The van der Waals surface area contributed by atoms with E-state index in [9.17, 15) is 8.78 Å². The molecule has 1 aromatic carbocycles. The van der Waals surface area contributed by atoms with Crippen molar-refractivity contribution in [2.24, 2.45) is 0 Å². The highest BCUT2D eigenvalue weighted by atomic mass is 35.5. The van der Waals surface area contributed by atoms with E-state index < -0.39 is 11.5 Å². The Morgan fingerprint density at radius 1 is 1.42 bits per heavy atom. The Morgan fingerprint density at radius 3 is 2.84 bits per heavy atom. The van der Waals surface area contributed by atoms with E-state index in [1.54, 1.807) is 13.0 Å². The normalized spacial score (nSPS) is 23.1. The topological polar surface area (TPSA) is 12.0 Å². The van der Waals surface area contributed by atoms with Crippen molar-refractivity contribution in [3.63, 3.8) is 0 Å². The molecule has 1 fully saturated rings. The summed E-state index contributed by atoms with van der Waals surface area (Å²) in [5, 5.41) is 3.43. The van der Waals surface area contributed by atoms with Crippen LogP contribution in [0.5, 0.6) is 0 Å². The minimum absolute atomic E-state index is 0.0817. The van der Waals surface area contributed by atoms with Crippen LogP contribution < -0.4 is 5.32 Å². The summed E-state index contributed by atoms with van der Waals surface area (Å²) in [4.78, 5) is 0. The van der Waals surface area contributed by atoms with E-state index in [1.807, 2.05) is 0 Å². The van der Waals surface area contributed by atoms with Gasteiger partial charge < -0.3 is 5.32 Å². The van der Waals surface area contributed by atoms with E-state index in [-0.39, 0.29) is 17.5 Å². The fraction of sp³-hybridized carbons (Fsp3) is 0.600. The summed E-state index contributed by atoms with van der Waals surface area (Å²) >= 11 is 5.63. The molecule has 1 aliphatic rings. The van der Waals surface area contributed by atoms with Crippen LogP contribution in [0.3, 0.4) is 0 Å². The third-order valence-corrected chi connectivity index (χ3v) is 3.95. The lowest BCUT2D eigenvalue weighted by Gasteiger charge is -2.30. The summed E-state index contributed by atoms with van der Waals surface area (Å²) in [7, 11) is 0. The number of halogens is 3. The molecular weight excluding hydrogens is 268 g/mol. The molecule has 0 radical (unpaired) electrons. The predicted molar refractivity (Wildman–Crippen MR) is 74.9 cm³/mol. The quantitative estimate of drug-likeness (QED) is 0.871. The molecule has 2 unspecified atom stereocenters. The van der Waals surface area contributed by atoms with Crippen LogP contribution in [-0.4, -0.2) is 18.3 Å². The van der Waals surface area contributed by atoms with Crippen molar-refractivity contribution in [3.8, 4) is 0 Å². The van der Waals surface area contributed by atoms with E-state index in [0.29, 0.717) is 12.0 Å². The fourth-order valence-electron chi connectivity index (χ4n) is 2.76. The molecule has 1 N–H and O–H groups in total. The van der Waals surface area contributed by atoms with Gasteiger partial charge in [-0.25, -0.2) is 8.78 Å². The second kappa shape index (κ2) is 6.19. The lowest BCUT2D eigenvalue weighted by Crippen LogP contribution is -2.40. The Hall–Kier alpha value is -0.670. The summed E-state index contributed by atoms with van der Waals surface area (Å²) in [6.07, 6.45) is 4.04. The Balaban J connectivity index is 1.96. The van der Waals surface area contributed by atoms with Crippen molar-refractivity contribution >= 4 is 11.6 Å². The van der Waals surface area contributed by atoms with Gasteiger partial charge in [0.25, 0.3) is 0 Å². The maximum atomic E-state index is 14.6. The number of piperidine rings is 1. The number of alkyl halides is 1. The first-order chi connectivity index (χ1) is 8.96. The van der Waals surface area contributed by atoms with Crippen LogP contribution in [0.1, 0.15) is 38.2 Å². The lowest BCUT2D eigenvalue weighted by atomic mass is 9.88. The fourth-order valence-corrected chi connectivity index (χ4v) is 2.88. The zero-order chi connectivity index (χ0) is 13.9. The van der Waals surface area contributed by atoms with Crippen molar-refractivity contribution in [3.05, 3.63) is 34.6 Å². The number of hydrogen-bond acceptors (Lipinski definition) is 1. The largest absolute Gasteiger partial charge is 0.314 e. The summed E-state index contributed by atoms with van der Waals surface area (Å²) < 4.78 is 27.9. The third-order valence-electron chi connectivity index (χ3n) is 3.64. The molecule has 0 bridgehead atoms. The second-order valence-corrected chi connectivity index (χ2v) is 6.10. The van der Waals surface area contributed by atoms with Gasteiger partial charge in [-0.3, -0.25) is 0 Å². The first-order valence-electron chi connectivity index (χ1n) is 6.82. The minimum atomic E-state index is -1.32. The van der Waals surface area contributed by atoms with Gasteiger partial charge in [0, 0.05) is 12.5 Å². The van der Waals surface area contributed by atoms with Crippen LogP contribution in [0.15, 0.2) is 18.2 Å². The molecule has 1 heterocycles. The van der Waals surface area contributed by atoms with Gasteiger partial charge >= 0.3 is 0 Å². The van der Waals surface area contributed by atoms with Crippen LogP contribution in [0.2, 0.25) is 5.02 Å². The third kappa shape index (κ3) is 4.43. The molecule has 106 valence electrons. The standard InChI is InChI=1S/C15H20ClF2N/c1-15(18,10-12-4-2-3-7-19-12)9-11-5-6-13(16)14(17)8-11/h5-6,8,12,19H,2-4,7,9-10H2,1H3. The smallest absolute Gasteiger partial charge is 0.142 e. The minimum Gasteiger partial charge on any atom is -0.314 e. The Labute approximate surface area is 118 Å². The van der Waals surface area contributed by atoms with Crippen LogP contribution >= 0.6 is 11.6 Å². The van der Waals surface area contributed by atoms with Crippen LogP contribution in [0.25, 0.3) is 0 Å². The van der Waals surface area contributed by atoms with Crippen LogP contribution in [0, 0.1) is 5.82 Å². The molecule has 0 aromatic heterocycles. The number of hydrogen-bond donors (Lipinski definition) is 1. The van der Waals surface area contributed by atoms with Gasteiger partial charge in [0.05, 0.1) is 5.02 Å². The molecule has 4 heteroatoms. The average molecular weight is 288 g/mol. The number of nitrogens with one attached hydrogen (secondary N) is 1. The molecule has 2 rings (SSSR count). The molecule has 0 saturated carbocycles. The first kappa shape index (κ1) is 14.7. The van der Waals surface area contributed by atoms with E-state index in [0.717, 1.165) is 19.4 Å². The summed E-state index contributed by atoms with van der Waals surface area (Å²) in [5.74, 6) is -0.481. The molecule has 1 nitrogen and oxygen atoms in total. The average Bonchev–Trinajstić information content (AvgIpc) is 2.34. The van der Waals surface area contributed by atoms with Crippen molar-refractivity contribution < 1.29 is 8.78 Å². The molecular formula is C15H20ClF2N. The highest BCUT2D eigenvalue weighted by molar-refractivity contribution is 6.30. The van der Waals surface area contributed by atoms with Gasteiger partial charge in [-0.1, -0.05) is 24.1 Å². The van der Waals surface area contributed by atoms with E-state index in [4.69, 9.17) is 11.6 Å². The van der Waals surface area contributed by atoms with Gasteiger partial charge in [0.15, 0.2) is 0 Å². The molecule has 1 saturated heterocycles. The second-order valence-electron chi connectivity index (χ2n) is 5.69. The maximum Gasteiger partial charge on any atom is 0.142 e. The monoisotopic (exact) mass is 287 g/mol. The summed E-state index contributed by atoms with van der Waals surface area (Å²) in [6.45, 7) is 2.56. The van der Waals surface area contributed by atoms with Crippen molar-refractivity contribution in [2.75, 3.05) is 6.54 Å². The molecule has 0 aliphatic carbocycles. The van der Waals surface area contributed by atoms with Crippen molar-refractivity contribution in [1.29, 1.82) is 0 Å². The zero-order valence-corrected chi connectivity index (χ0v) is 11.9. The molecule has 19 heavy (non-hydrogen) atoms. The van der Waals surface area contributed by atoms with Crippen molar-refractivity contribution in [2.45, 2.75) is 50.7 Å². The molecule has 1 aromatic rings. The highest BCUT2D eigenvalue weighted by Crippen LogP contribution is 2.27. The Kier molecular flexibility index (Phi) is 4.80. The Bertz CT molecular complexity index is 428. The van der Waals surface area contributed by atoms with Gasteiger partial charge in [0.2, 0.25) is 0 Å². The SMILES string of the molecule is CC(F)(Cc1ccc(Cl)c(F)c1)CC1CCCCN1. The lowest BCUT2D eigenvalue weighted by molar-refractivity contribution is 0.146. The van der Waals surface area contributed by atoms with Gasteiger partial charge in [-0.15, -0.1) is 0 Å². The van der Waals surface area contributed by atoms with Gasteiger partial charge in [-0.2, -0.15) is 0 Å². The maximum absolute atomic E-state index is 14.6. The van der Waals surface area contributed by atoms with Crippen LogP contribution in [0.4, 0.5) is 8.78 Å². The van der Waals surface area contributed by atoms with Crippen molar-refractivity contribution in [1.82, 2.24) is 5.32 Å². The summed E-state index contributed by atoms with van der Waals surface area (Å²) in [5.41, 5.74) is -0.669. The van der Waals surface area contributed by atoms with E-state index in [1.165, 1.54) is 18.6 Å². The number of rotatable bonds is 4. The molecule has 2 atom stereocenters. The predicted octanol–water partition coefficient (Wildman–Crippen LogP) is 4.28. The van der Waals surface area contributed by atoms with E-state index >= 15 is 0 Å². The highest BCUT2D eigenvalue weighted by Gasteiger charge is 2.29. The molecule has 1 aliphatic heterocycles. The first-order valence-corrected chi connectivity index (χ1v) is 7.20. The number of benzene rings is 1. The molecule has 0 amide bonds. The zero-order valence-electron chi connectivity index (χ0n) is 11.2. The summed E-state index contributed by atoms with van der Waals surface area (Å²) in [6, 6.07) is 4.74.